The van der Waals surface area contributed by atoms with Crippen LogP contribution >= 0.6 is 0 Å². The number of carbonyl (C=O) groups excluding carboxylic acids is 2. The molecule has 1 fully saturated rings. The molecule has 19 heavy (non-hydrogen) atoms. The van der Waals surface area contributed by atoms with Crippen LogP contribution < -0.4 is 10.6 Å². The van der Waals surface area contributed by atoms with Crippen molar-refractivity contribution < 1.29 is 19.5 Å². The largest absolute Gasteiger partial charge is 0.481 e. The van der Waals surface area contributed by atoms with E-state index in [2.05, 4.69) is 10.6 Å². The third-order valence-corrected chi connectivity index (χ3v) is 3.04. The predicted molar refractivity (Wildman–Crippen MR) is 68.7 cm³/mol. The zero-order valence-electron chi connectivity index (χ0n) is 11.3. The lowest BCUT2D eigenvalue weighted by molar-refractivity contribution is -0.137. The van der Waals surface area contributed by atoms with Crippen molar-refractivity contribution in [2.45, 2.75) is 45.2 Å². The standard InChI is InChI=1S/C12H21N3O4/c1-8(2)15(6-5-11(17)18)12(19)14-9-3-4-10(16)13-7-9/h8-9H,3-7H2,1-2H3,(H,13,16)(H,14,19)(H,17,18). The Morgan fingerprint density at radius 3 is 2.68 bits per heavy atom. The molecule has 3 N–H and O–H groups in total. The van der Waals surface area contributed by atoms with Crippen LogP contribution in [0.3, 0.4) is 0 Å². The van der Waals surface area contributed by atoms with Gasteiger partial charge in [-0.25, -0.2) is 4.79 Å². The molecule has 0 aromatic heterocycles. The molecule has 108 valence electrons. The van der Waals surface area contributed by atoms with Gasteiger partial charge in [0.05, 0.1) is 6.42 Å². The quantitative estimate of drug-likeness (QED) is 0.663. The molecule has 0 radical (unpaired) electrons. The lowest BCUT2D eigenvalue weighted by atomic mass is 10.1. The highest BCUT2D eigenvalue weighted by atomic mass is 16.4. The Morgan fingerprint density at radius 2 is 2.21 bits per heavy atom. The number of carbonyl (C=O) groups is 3. The molecule has 0 saturated carbocycles. The van der Waals surface area contributed by atoms with Gasteiger partial charge in [-0.05, 0) is 20.3 Å². The average molecular weight is 271 g/mol. The lowest BCUT2D eigenvalue weighted by Crippen LogP contribution is -2.53. The second-order valence-corrected chi connectivity index (χ2v) is 4.92. The van der Waals surface area contributed by atoms with Gasteiger partial charge >= 0.3 is 12.0 Å². The van der Waals surface area contributed by atoms with E-state index in [4.69, 9.17) is 5.11 Å². The van der Waals surface area contributed by atoms with Crippen LogP contribution in [0.1, 0.15) is 33.1 Å². The van der Waals surface area contributed by atoms with Crippen LogP contribution in [-0.4, -0.2) is 53.1 Å². The fourth-order valence-electron chi connectivity index (χ4n) is 1.92. The second-order valence-electron chi connectivity index (χ2n) is 4.92. The van der Waals surface area contributed by atoms with Crippen LogP contribution in [0.25, 0.3) is 0 Å². The molecular formula is C12H21N3O4. The Balaban J connectivity index is 2.47. The van der Waals surface area contributed by atoms with Crippen LogP contribution in [0.2, 0.25) is 0 Å². The van der Waals surface area contributed by atoms with E-state index in [0.717, 1.165) is 0 Å². The van der Waals surface area contributed by atoms with Crippen molar-refractivity contribution in [2.75, 3.05) is 13.1 Å². The summed E-state index contributed by atoms with van der Waals surface area (Å²) in [7, 11) is 0. The molecule has 7 nitrogen and oxygen atoms in total. The number of hydrogen-bond acceptors (Lipinski definition) is 3. The molecule has 1 heterocycles. The average Bonchev–Trinajstić information content (AvgIpc) is 2.31. The number of nitrogens with one attached hydrogen (secondary N) is 2. The van der Waals surface area contributed by atoms with Crippen molar-refractivity contribution in [1.29, 1.82) is 0 Å². The maximum absolute atomic E-state index is 12.1. The molecular weight excluding hydrogens is 250 g/mol. The zero-order valence-corrected chi connectivity index (χ0v) is 11.3. The van der Waals surface area contributed by atoms with Gasteiger partial charge in [0.25, 0.3) is 0 Å². The number of hydrogen-bond donors (Lipinski definition) is 3. The molecule has 1 atom stereocenters. The molecule has 0 aromatic carbocycles. The van der Waals surface area contributed by atoms with Crippen LogP contribution in [0.5, 0.6) is 0 Å². The Bertz CT molecular complexity index is 347. The van der Waals surface area contributed by atoms with Gasteiger partial charge in [0.1, 0.15) is 0 Å². The Hall–Kier alpha value is -1.79. The van der Waals surface area contributed by atoms with E-state index in [9.17, 15) is 14.4 Å². The molecule has 0 aromatic rings. The number of piperidine rings is 1. The fourth-order valence-corrected chi connectivity index (χ4v) is 1.92. The monoisotopic (exact) mass is 271 g/mol. The summed E-state index contributed by atoms with van der Waals surface area (Å²) in [4.78, 5) is 35.1. The summed E-state index contributed by atoms with van der Waals surface area (Å²) in [5, 5.41) is 14.2. The number of rotatable bonds is 5. The molecule has 1 aliphatic rings. The Morgan fingerprint density at radius 1 is 1.53 bits per heavy atom. The van der Waals surface area contributed by atoms with Crippen molar-refractivity contribution in [1.82, 2.24) is 15.5 Å². The number of carboxylic acid groups (broad SMARTS) is 1. The summed E-state index contributed by atoms with van der Waals surface area (Å²) in [5.74, 6) is -0.930. The Kier molecular flexibility index (Phi) is 5.59. The summed E-state index contributed by atoms with van der Waals surface area (Å²) in [5.41, 5.74) is 0. The highest BCUT2D eigenvalue weighted by Crippen LogP contribution is 2.06. The normalized spacial score (nSPS) is 18.9. The minimum Gasteiger partial charge on any atom is -0.481 e. The topological polar surface area (TPSA) is 98.7 Å². The van der Waals surface area contributed by atoms with E-state index >= 15 is 0 Å². The molecule has 1 saturated heterocycles. The van der Waals surface area contributed by atoms with Gasteiger partial charge in [-0.1, -0.05) is 0 Å². The van der Waals surface area contributed by atoms with Crippen molar-refractivity contribution in [2.24, 2.45) is 0 Å². The minimum atomic E-state index is -0.927. The van der Waals surface area contributed by atoms with Crippen LogP contribution in [0, 0.1) is 0 Å². The lowest BCUT2D eigenvalue weighted by Gasteiger charge is -2.30. The minimum absolute atomic E-state index is 0.00269. The molecule has 1 aliphatic heterocycles. The summed E-state index contributed by atoms with van der Waals surface area (Å²) >= 11 is 0. The third-order valence-electron chi connectivity index (χ3n) is 3.04. The van der Waals surface area contributed by atoms with Gasteiger partial charge in [0.15, 0.2) is 0 Å². The van der Waals surface area contributed by atoms with Gasteiger partial charge in [-0.15, -0.1) is 0 Å². The van der Waals surface area contributed by atoms with Gasteiger partial charge in [0, 0.05) is 31.6 Å². The number of carboxylic acids is 1. The zero-order chi connectivity index (χ0) is 14.4. The molecule has 0 aliphatic carbocycles. The van der Waals surface area contributed by atoms with Gasteiger partial charge in [0.2, 0.25) is 5.91 Å². The van der Waals surface area contributed by atoms with Crippen molar-refractivity contribution in [3.63, 3.8) is 0 Å². The maximum atomic E-state index is 12.1. The van der Waals surface area contributed by atoms with E-state index in [1.807, 2.05) is 13.8 Å². The number of nitrogens with zero attached hydrogens (tertiary/aromatic N) is 1. The van der Waals surface area contributed by atoms with E-state index in [1.54, 1.807) is 0 Å². The van der Waals surface area contributed by atoms with Gasteiger partial charge in [-0.2, -0.15) is 0 Å². The fraction of sp³-hybridized carbons (Fsp3) is 0.750. The molecule has 3 amide bonds. The first-order valence-corrected chi connectivity index (χ1v) is 6.45. The van der Waals surface area contributed by atoms with E-state index < -0.39 is 5.97 Å². The molecule has 0 bridgehead atoms. The highest BCUT2D eigenvalue weighted by molar-refractivity contribution is 5.78. The summed E-state index contributed by atoms with van der Waals surface area (Å²) < 4.78 is 0. The first-order chi connectivity index (χ1) is 8.90. The third kappa shape index (κ3) is 5.15. The molecule has 0 spiro atoms. The smallest absolute Gasteiger partial charge is 0.317 e. The predicted octanol–water partition coefficient (Wildman–Crippen LogP) is 0.160. The Labute approximate surface area is 112 Å². The first kappa shape index (κ1) is 15.3. The van der Waals surface area contributed by atoms with Gasteiger partial charge in [-0.3, -0.25) is 9.59 Å². The van der Waals surface area contributed by atoms with Crippen molar-refractivity contribution in [3.8, 4) is 0 Å². The van der Waals surface area contributed by atoms with E-state index in [-0.39, 0.29) is 37.0 Å². The number of urea groups is 1. The summed E-state index contributed by atoms with van der Waals surface area (Å²) in [6.07, 6.45) is 0.942. The second kappa shape index (κ2) is 6.96. The SMILES string of the molecule is CC(C)N(CCC(=O)O)C(=O)NC1CCC(=O)NC1. The molecule has 1 rings (SSSR count). The summed E-state index contributed by atoms with van der Waals surface area (Å²) in [6.45, 7) is 4.28. The van der Waals surface area contributed by atoms with Crippen LogP contribution in [0.4, 0.5) is 4.79 Å². The van der Waals surface area contributed by atoms with Crippen LogP contribution in [-0.2, 0) is 9.59 Å². The molecule has 7 heteroatoms. The number of amides is 3. The maximum Gasteiger partial charge on any atom is 0.317 e. The van der Waals surface area contributed by atoms with Gasteiger partial charge < -0.3 is 20.6 Å². The van der Waals surface area contributed by atoms with Crippen molar-refractivity contribution >= 4 is 17.9 Å². The number of aliphatic carboxylic acids is 1. The van der Waals surface area contributed by atoms with E-state index in [0.29, 0.717) is 19.4 Å². The van der Waals surface area contributed by atoms with Crippen LogP contribution in [0.15, 0.2) is 0 Å². The highest BCUT2D eigenvalue weighted by Gasteiger charge is 2.23. The van der Waals surface area contributed by atoms with Crippen molar-refractivity contribution in [3.05, 3.63) is 0 Å². The first-order valence-electron chi connectivity index (χ1n) is 6.45. The van der Waals surface area contributed by atoms with E-state index in [1.165, 1.54) is 4.90 Å². The summed E-state index contributed by atoms with van der Waals surface area (Å²) in [6, 6.07) is -0.439. The molecule has 1 unspecified atom stereocenters.